The van der Waals surface area contributed by atoms with Gasteiger partial charge in [0.25, 0.3) is 5.91 Å². The Labute approximate surface area is 128 Å². The number of methoxy groups -OCH3 is 2. The van der Waals surface area contributed by atoms with Gasteiger partial charge >= 0.3 is 0 Å². The molecule has 0 saturated carbocycles. The third-order valence-corrected chi connectivity index (χ3v) is 3.77. The van der Waals surface area contributed by atoms with Crippen molar-refractivity contribution in [1.82, 2.24) is 4.90 Å². The Balaban J connectivity index is 2.16. The maximum absolute atomic E-state index is 12.5. The molecule has 0 N–H and O–H groups in total. The molecule has 6 heteroatoms. The van der Waals surface area contributed by atoms with Crippen molar-refractivity contribution in [1.29, 1.82) is 0 Å². The number of carbonyl (C=O) groups is 2. The molecule has 0 unspecified atom stereocenters. The number of hydrogen-bond donors (Lipinski definition) is 0. The van der Waals surface area contributed by atoms with Gasteiger partial charge in [0.05, 0.1) is 14.2 Å². The number of fused-ring (bicyclic) bond motifs is 1. The van der Waals surface area contributed by atoms with Crippen LogP contribution in [0.15, 0.2) is 12.1 Å². The van der Waals surface area contributed by atoms with Crippen LogP contribution in [0.5, 0.6) is 11.5 Å². The molecule has 0 bridgehead atoms. The zero-order valence-electron chi connectivity index (χ0n) is 12.1. The highest BCUT2D eigenvalue weighted by molar-refractivity contribution is 6.63. The molecule has 0 radical (unpaired) electrons. The van der Waals surface area contributed by atoms with Crippen molar-refractivity contribution in [2.24, 2.45) is 0 Å². The van der Waals surface area contributed by atoms with Gasteiger partial charge in [-0.05, 0) is 42.1 Å². The maximum atomic E-state index is 12.5. The first-order chi connectivity index (χ1) is 10.1. The molecular weight excluding hydrogens is 294 g/mol. The molecule has 0 aromatic heterocycles. The number of hydrogen-bond acceptors (Lipinski definition) is 4. The van der Waals surface area contributed by atoms with E-state index in [4.69, 9.17) is 21.1 Å². The van der Waals surface area contributed by atoms with Crippen LogP contribution in [0.3, 0.4) is 0 Å². The molecule has 1 aliphatic rings. The summed E-state index contributed by atoms with van der Waals surface area (Å²) in [5.74, 6) is 1.13. The summed E-state index contributed by atoms with van der Waals surface area (Å²) in [5, 5.41) is -0.369. The molecule has 1 amide bonds. The third-order valence-electron chi connectivity index (χ3n) is 3.58. The summed E-state index contributed by atoms with van der Waals surface area (Å²) < 4.78 is 10.5. The van der Waals surface area contributed by atoms with Crippen molar-refractivity contribution in [3.05, 3.63) is 23.3 Å². The predicted octanol–water partition coefficient (Wildman–Crippen LogP) is 2.25. The summed E-state index contributed by atoms with van der Waals surface area (Å²) >= 11 is 5.31. The van der Waals surface area contributed by atoms with Gasteiger partial charge in [0.1, 0.15) is 0 Å². The van der Waals surface area contributed by atoms with Crippen molar-refractivity contribution in [3.8, 4) is 11.5 Å². The molecule has 0 spiro atoms. The predicted molar refractivity (Wildman–Crippen MR) is 79.2 cm³/mol. The fraction of sp³-hybridized carbons (Fsp3) is 0.467. The lowest BCUT2D eigenvalue weighted by Crippen LogP contribution is -2.38. The van der Waals surface area contributed by atoms with Gasteiger partial charge in [-0.3, -0.25) is 9.59 Å². The molecule has 0 aliphatic carbocycles. The maximum Gasteiger partial charge on any atom is 0.254 e. The number of ether oxygens (including phenoxy) is 2. The SMILES string of the molecule is COc1cc2c(cc1OC)C(=O)N(CCCC(=O)Cl)CC2. The molecule has 1 aliphatic heterocycles. The fourth-order valence-corrected chi connectivity index (χ4v) is 2.61. The lowest BCUT2D eigenvalue weighted by molar-refractivity contribution is -0.111. The minimum Gasteiger partial charge on any atom is -0.493 e. The molecule has 1 aromatic carbocycles. The number of rotatable bonds is 6. The van der Waals surface area contributed by atoms with E-state index in [9.17, 15) is 9.59 Å². The van der Waals surface area contributed by atoms with E-state index in [-0.39, 0.29) is 17.6 Å². The highest BCUT2D eigenvalue weighted by Crippen LogP contribution is 2.33. The molecule has 0 fully saturated rings. The molecule has 1 aromatic rings. The minimum absolute atomic E-state index is 0.0424. The molecule has 0 atom stereocenters. The van der Waals surface area contributed by atoms with Crippen molar-refractivity contribution >= 4 is 22.8 Å². The van der Waals surface area contributed by atoms with E-state index in [1.165, 1.54) is 0 Å². The summed E-state index contributed by atoms with van der Waals surface area (Å²) in [6.07, 6.45) is 1.62. The minimum atomic E-state index is -0.369. The highest BCUT2D eigenvalue weighted by Gasteiger charge is 2.26. The molecule has 114 valence electrons. The van der Waals surface area contributed by atoms with Crippen LogP contribution in [-0.4, -0.2) is 43.4 Å². The zero-order valence-corrected chi connectivity index (χ0v) is 12.9. The van der Waals surface area contributed by atoms with Crippen LogP contribution >= 0.6 is 11.6 Å². The summed E-state index contributed by atoms with van der Waals surface area (Å²) in [4.78, 5) is 25.0. The largest absolute Gasteiger partial charge is 0.493 e. The van der Waals surface area contributed by atoms with Gasteiger partial charge in [0.2, 0.25) is 5.24 Å². The third kappa shape index (κ3) is 3.47. The van der Waals surface area contributed by atoms with E-state index in [0.29, 0.717) is 36.6 Å². The van der Waals surface area contributed by atoms with Gasteiger partial charge in [-0.2, -0.15) is 0 Å². The molecule has 21 heavy (non-hydrogen) atoms. The van der Waals surface area contributed by atoms with Gasteiger partial charge in [-0.15, -0.1) is 0 Å². The van der Waals surface area contributed by atoms with Crippen LogP contribution < -0.4 is 9.47 Å². The second kappa shape index (κ2) is 6.80. The average molecular weight is 312 g/mol. The van der Waals surface area contributed by atoms with Crippen molar-refractivity contribution in [2.45, 2.75) is 19.3 Å². The van der Waals surface area contributed by atoms with Gasteiger partial charge in [0, 0.05) is 25.1 Å². The summed E-state index contributed by atoms with van der Waals surface area (Å²) in [7, 11) is 3.12. The second-order valence-corrected chi connectivity index (χ2v) is 5.29. The lowest BCUT2D eigenvalue weighted by Gasteiger charge is -2.29. The molecule has 0 saturated heterocycles. The number of halogens is 1. The molecule has 1 heterocycles. The highest BCUT2D eigenvalue weighted by atomic mass is 35.5. The molecule has 5 nitrogen and oxygen atoms in total. The second-order valence-electron chi connectivity index (χ2n) is 4.87. The Morgan fingerprint density at radius 1 is 1.29 bits per heavy atom. The monoisotopic (exact) mass is 311 g/mol. The van der Waals surface area contributed by atoms with Crippen LogP contribution in [-0.2, 0) is 11.2 Å². The standard InChI is InChI=1S/C15H18ClNO4/c1-20-12-8-10-5-7-17(6-3-4-14(16)18)15(19)11(10)9-13(12)21-2/h8-9H,3-7H2,1-2H3. The quantitative estimate of drug-likeness (QED) is 0.756. The van der Waals surface area contributed by atoms with Crippen LogP contribution in [0.25, 0.3) is 0 Å². The lowest BCUT2D eigenvalue weighted by atomic mass is 9.98. The smallest absolute Gasteiger partial charge is 0.254 e. The van der Waals surface area contributed by atoms with Gasteiger partial charge in [-0.25, -0.2) is 0 Å². The van der Waals surface area contributed by atoms with Crippen molar-refractivity contribution in [2.75, 3.05) is 27.3 Å². The van der Waals surface area contributed by atoms with Crippen LogP contribution in [0, 0.1) is 0 Å². The Kier molecular flexibility index (Phi) is 5.07. The van der Waals surface area contributed by atoms with E-state index in [0.717, 1.165) is 12.0 Å². The van der Waals surface area contributed by atoms with Gasteiger partial charge in [-0.1, -0.05) is 0 Å². The Morgan fingerprint density at radius 3 is 2.57 bits per heavy atom. The molecule has 2 rings (SSSR count). The number of benzene rings is 1. The number of carbonyl (C=O) groups excluding carboxylic acids is 2. The Hall–Kier alpha value is -1.75. The van der Waals surface area contributed by atoms with Crippen LogP contribution in [0.2, 0.25) is 0 Å². The summed E-state index contributed by atoms with van der Waals surface area (Å²) in [6, 6.07) is 3.57. The van der Waals surface area contributed by atoms with E-state index >= 15 is 0 Å². The first kappa shape index (κ1) is 15.6. The van der Waals surface area contributed by atoms with E-state index in [1.807, 2.05) is 6.07 Å². The van der Waals surface area contributed by atoms with Gasteiger partial charge < -0.3 is 14.4 Å². The van der Waals surface area contributed by atoms with Crippen LogP contribution in [0.4, 0.5) is 0 Å². The summed E-state index contributed by atoms with van der Waals surface area (Å²) in [5.41, 5.74) is 1.60. The van der Waals surface area contributed by atoms with Crippen LogP contribution in [0.1, 0.15) is 28.8 Å². The van der Waals surface area contributed by atoms with Crippen molar-refractivity contribution < 1.29 is 19.1 Å². The normalized spacial score (nSPS) is 13.9. The van der Waals surface area contributed by atoms with E-state index < -0.39 is 0 Å². The van der Waals surface area contributed by atoms with E-state index in [2.05, 4.69) is 0 Å². The number of amides is 1. The average Bonchev–Trinajstić information content (AvgIpc) is 2.48. The Morgan fingerprint density at radius 2 is 1.95 bits per heavy atom. The van der Waals surface area contributed by atoms with Crippen molar-refractivity contribution in [3.63, 3.8) is 0 Å². The zero-order chi connectivity index (χ0) is 15.4. The summed E-state index contributed by atoms with van der Waals surface area (Å²) in [6.45, 7) is 1.17. The first-order valence-corrected chi connectivity index (χ1v) is 7.17. The molecular formula is C15H18ClNO4. The van der Waals surface area contributed by atoms with E-state index in [1.54, 1.807) is 25.2 Å². The van der Waals surface area contributed by atoms with Gasteiger partial charge in [0.15, 0.2) is 11.5 Å². The Bertz CT molecular complexity index is 559. The fourth-order valence-electron chi connectivity index (χ4n) is 2.48. The topological polar surface area (TPSA) is 55.8 Å². The first-order valence-electron chi connectivity index (χ1n) is 6.79. The number of nitrogens with zero attached hydrogens (tertiary/aromatic N) is 1.